The fourth-order valence-electron chi connectivity index (χ4n) is 2.71. The van der Waals surface area contributed by atoms with E-state index in [-0.39, 0.29) is 12.0 Å². The predicted molar refractivity (Wildman–Crippen MR) is 106 cm³/mol. The average Bonchev–Trinajstić information content (AvgIpc) is 2.66. The normalized spacial score (nSPS) is 10.6. The van der Waals surface area contributed by atoms with Crippen LogP contribution in [0.4, 0.5) is 0 Å². The van der Waals surface area contributed by atoms with E-state index in [4.69, 9.17) is 9.84 Å². The van der Waals surface area contributed by atoms with E-state index in [0.717, 1.165) is 22.3 Å². The van der Waals surface area contributed by atoms with E-state index in [0.29, 0.717) is 23.2 Å². The Bertz CT molecular complexity index is 981. The summed E-state index contributed by atoms with van der Waals surface area (Å²) in [5.41, 5.74) is 3.33. The Morgan fingerprint density at radius 2 is 1.67 bits per heavy atom. The minimum atomic E-state index is -0.857. The number of aromatic amines is 1. The van der Waals surface area contributed by atoms with Crippen molar-refractivity contribution in [3.05, 3.63) is 97.9 Å². The number of hydrogen-bond donors (Lipinski definition) is 2. The first kappa shape index (κ1) is 18.9. The fraction of sp³-hybridized carbons (Fsp3) is 0.143. The predicted octanol–water partition coefficient (Wildman–Crippen LogP) is 3.93. The lowest BCUT2D eigenvalue weighted by molar-refractivity contribution is -0.136. The van der Waals surface area contributed by atoms with Crippen molar-refractivity contribution in [1.29, 1.82) is 0 Å². The highest BCUT2D eigenvalue weighted by molar-refractivity contribution is 9.10. The van der Waals surface area contributed by atoms with Crippen LogP contribution in [-0.4, -0.2) is 16.1 Å². The number of carboxylic acids is 1. The Balaban J connectivity index is 1.81. The van der Waals surface area contributed by atoms with E-state index >= 15 is 0 Å². The average molecular weight is 428 g/mol. The van der Waals surface area contributed by atoms with Gasteiger partial charge in [-0.1, -0.05) is 54.6 Å². The van der Waals surface area contributed by atoms with Crippen molar-refractivity contribution in [2.45, 2.75) is 19.4 Å². The SMILES string of the molecule is O=C(O)Cc1ccc(Cc2c[nH]c(=O)c(Br)c2OCc2ccccc2)cc1. The molecule has 0 amide bonds. The minimum absolute atomic E-state index is 0.00405. The topological polar surface area (TPSA) is 79.4 Å². The van der Waals surface area contributed by atoms with Crippen LogP contribution in [0.1, 0.15) is 22.3 Å². The number of aliphatic carboxylic acids is 1. The number of halogens is 1. The molecule has 1 heterocycles. The highest BCUT2D eigenvalue weighted by Gasteiger charge is 2.13. The zero-order chi connectivity index (χ0) is 19.2. The molecule has 138 valence electrons. The first-order chi connectivity index (χ1) is 13.0. The maximum absolute atomic E-state index is 12.0. The number of ether oxygens (including phenoxy) is 1. The maximum atomic E-state index is 12.0. The molecule has 0 aliphatic heterocycles. The molecule has 1 aromatic heterocycles. The van der Waals surface area contributed by atoms with Crippen molar-refractivity contribution in [3.8, 4) is 5.75 Å². The third kappa shape index (κ3) is 5.08. The van der Waals surface area contributed by atoms with Gasteiger partial charge in [0.05, 0.1) is 6.42 Å². The second-order valence-corrected chi connectivity index (χ2v) is 6.92. The third-order valence-corrected chi connectivity index (χ3v) is 4.79. The summed E-state index contributed by atoms with van der Waals surface area (Å²) in [5, 5.41) is 8.86. The largest absolute Gasteiger partial charge is 0.487 e. The minimum Gasteiger partial charge on any atom is -0.487 e. The number of carboxylic acid groups (broad SMARTS) is 1. The molecule has 0 saturated heterocycles. The first-order valence-electron chi connectivity index (χ1n) is 8.39. The maximum Gasteiger partial charge on any atom is 0.307 e. The van der Waals surface area contributed by atoms with Gasteiger partial charge in [-0.2, -0.15) is 0 Å². The van der Waals surface area contributed by atoms with Gasteiger partial charge in [-0.15, -0.1) is 0 Å². The van der Waals surface area contributed by atoms with E-state index in [2.05, 4.69) is 20.9 Å². The lowest BCUT2D eigenvalue weighted by atomic mass is 10.0. The highest BCUT2D eigenvalue weighted by atomic mass is 79.9. The Hall–Kier alpha value is -2.86. The molecule has 6 heteroatoms. The third-order valence-electron chi connectivity index (χ3n) is 4.07. The van der Waals surface area contributed by atoms with E-state index in [1.165, 1.54) is 0 Å². The van der Waals surface area contributed by atoms with Crippen molar-refractivity contribution in [1.82, 2.24) is 4.98 Å². The molecule has 3 aromatic rings. The van der Waals surface area contributed by atoms with E-state index < -0.39 is 5.97 Å². The number of pyridine rings is 1. The standard InChI is InChI=1S/C21H18BrNO4/c22-19-20(27-13-16-4-2-1-3-5-16)17(12-23-21(19)26)10-14-6-8-15(9-7-14)11-18(24)25/h1-9,12H,10-11,13H2,(H,23,26)(H,24,25). The van der Waals surface area contributed by atoms with Crippen LogP contribution in [-0.2, 0) is 24.2 Å². The van der Waals surface area contributed by atoms with Crippen LogP contribution in [0.25, 0.3) is 0 Å². The van der Waals surface area contributed by atoms with Crippen LogP contribution >= 0.6 is 15.9 Å². The quantitative estimate of drug-likeness (QED) is 0.598. The van der Waals surface area contributed by atoms with Crippen LogP contribution in [0, 0.1) is 0 Å². The second-order valence-electron chi connectivity index (χ2n) is 6.12. The number of carbonyl (C=O) groups is 1. The van der Waals surface area contributed by atoms with E-state index in [1.54, 1.807) is 18.3 Å². The van der Waals surface area contributed by atoms with Crippen LogP contribution < -0.4 is 10.3 Å². The zero-order valence-electron chi connectivity index (χ0n) is 14.4. The number of rotatable bonds is 7. The number of nitrogens with one attached hydrogen (secondary N) is 1. The fourth-order valence-corrected chi connectivity index (χ4v) is 3.20. The van der Waals surface area contributed by atoms with Crippen molar-refractivity contribution < 1.29 is 14.6 Å². The van der Waals surface area contributed by atoms with Gasteiger partial charge in [-0.3, -0.25) is 9.59 Å². The van der Waals surface area contributed by atoms with Gasteiger partial charge in [-0.05, 0) is 32.6 Å². The lowest BCUT2D eigenvalue weighted by Crippen LogP contribution is -2.11. The summed E-state index contributed by atoms with van der Waals surface area (Å²) >= 11 is 3.32. The molecule has 3 rings (SSSR count). The number of benzene rings is 2. The van der Waals surface area contributed by atoms with Crippen LogP contribution in [0.15, 0.2) is 70.1 Å². The molecule has 27 heavy (non-hydrogen) atoms. The molecule has 0 unspecified atom stereocenters. The van der Waals surface area contributed by atoms with Crippen LogP contribution in [0.5, 0.6) is 5.75 Å². The number of H-pyrrole nitrogens is 1. The van der Waals surface area contributed by atoms with Gasteiger partial charge >= 0.3 is 5.97 Å². The van der Waals surface area contributed by atoms with Gasteiger partial charge in [-0.25, -0.2) is 0 Å². The van der Waals surface area contributed by atoms with Gasteiger partial charge < -0.3 is 14.8 Å². The summed E-state index contributed by atoms with van der Waals surface area (Å²) in [4.78, 5) is 25.5. The second kappa shape index (κ2) is 8.68. The molecule has 0 spiro atoms. The molecular weight excluding hydrogens is 410 g/mol. The molecule has 0 saturated carbocycles. The summed E-state index contributed by atoms with van der Waals surface area (Å²) < 4.78 is 6.30. The summed E-state index contributed by atoms with van der Waals surface area (Å²) in [6.07, 6.45) is 2.20. The van der Waals surface area contributed by atoms with Gasteiger partial charge in [0, 0.05) is 18.2 Å². The molecule has 0 fully saturated rings. The van der Waals surface area contributed by atoms with Gasteiger partial charge in [0.15, 0.2) is 0 Å². The van der Waals surface area contributed by atoms with Gasteiger partial charge in [0.25, 0.3) is 5.56 Å². The smallest absolute Gasteiger partial charge is 0.307 e. The van der Waals surface area contributed by atoms with Crippen molar-refractivity contribution in [2.24, 2.45) is 0 Å². The summed E-state index contributed by atoms with van der Waals surface area (Å²) in [5.74, 6) is -0.346. The van der Waals surface area contributed by atoms with E-state index in [9.17, 15) is 9.59 Å². The van der Waals surface area contributed by atoms with Gasteiger partial charge in [0.2, 0.25) is 0 Å². The summed E-state index contributed by atoms with van der Waals surface area (Å²) in [6.45, 7) is 0.355. The summed E-state index contributed by atoms with van der Waals surface area (Å²) in [6, 6.07) is 17.1. The molecule has 0 aliphatic carbocycles. The molecule has 5 nitrogen and oxygen atoms in total. The van der Waals surface area contributed by atoms with Crippen LogP contribution in [0.2, 0.25) is 0 Å². The molecule has 2 aromatic carbocycles. The Morgan fingerprint density at radius 3 is 2.33 bits per heavy atom. The molecular formula is C21H18BrNO4. The molecule has 2 N–H and O–H groups in total. The van der Waals surface area contributed by atoms with E-state index in [1.807, 2.05) is 42.5 Å². The number of aromatic nitrogens is 1. The monoisotopic (exact) mass is 427 g/mol. The van der Waals surface area contributed by atoms with Gasteiger partial charge in [0.1, 0.15) is 16.8 Å². The van der Waals surface area contributed by atoms with Crippen molar-refractivity contribution >= 4 is 21.9 Å². The van der Waals surface area contributed by atoms with Crippen molar-refractivity contribution in [3.63, 3.8) is 0 Å². The zero-order valence-corrected chi connectivity index (χ0v) is 16.0. The Morgan fingerprint density at radius 1 is 1.00 bits per heavy atom. The molecule has 0 bridgehead atoms. The molecule has 0 radical (unpaired) electrons. The van der Waals surface area contributed by atoms with Crippen LogP contribution in [0.3, 0.4) is 0 Å². The lowest BCUT2D eigenvalue weighted by Gasteiger charge is -2.13. The summed E-state index contributed by atoms with van der Waals surface area (Å²) in [7, 11) is 0. The number of hydrogen-bond acceptors (Lipinski definition) is 3. The Kier molecular flexibility index (Phi) is 6.08. The highest BCUT2D eigenvalue weighted by Crippen LogP contribution is 2.28. The Labute approximate surface area is 164 Å². The first-order valence-corrected chi connectivity index (χ1v) is 9.18. The molecule has 0 aliphatic rings. The van der Waals surface area contributed by atoms with Crippen molar-refractivity contribution in [2.75, 3.05) is 0 Å². The molecule has 0 atom stereocenters.